The Kier molecular flexibility index (Phi) is 3.55. The van der Waals surface area contributed by atoms with Crippen LogP contribution >= 0.6 is 0 Å². The maximum absolute atomic E-state index is 6.35. The van der Waals surface area contributed by atoms with Crippen LogP contribution in [0.3, 0.4) is 0 Å². The Hall–Kier alpha value is -0.860. The van der Waals surface area contributed by atoms with Gasteiger partial charge >= 0.3 is 0 Å². The Balaban J connectivity index is 1.99. The molecule has 0 saturated heterocycles. The maximum Gasteiger partial charge on any atom is 0.0779 e. The van der Waals surface area contributed by atoms with Crippen LogP contribution in [-0.4, -0.2) is 18.2 Å². The fourth-order valence-electron chi connectivity index (χ4n) is 2.68. The molecule has 2 nitrogen and oxygen atoms in total. The molecule has 1 aromatic rings. The number of rotatable bonds is 5. The molecule has 0 aromatic heterocycles. The van der Waals surface area contributed by atoms with Crippen LogP contribution in [0.4, 0.5) is 0 Å². The molecule has 0 spiro atoms. The van der Waals surface area contributed by atoms with Gasteiger partial charge in [-0.1, -0.05) is 30.3 Å². The van der Waals surface area contributed by atoms with E-state index < -0.39 is 0 Å². The Morgan fingerprint density at radius 3 is 2.59 bits per heavy atom. The van der Waals surface area contributed by atoms with Crippen LogP contribution < -0.4 is 5.73 Å². The molecular formula is C15H23NO. The average Bonchev–Trinajstić information content (AvgIpc) is 3.09. The maximum atomic E-state index is 6.35. The second-order valence-electron chi connectivity index (χ2n) is 5.48. The molecule has 3 unspecified atom stereocenters. The highest BCUT2D eigenvalue weighted by atomic mass is 16.5. The summed E-state index contributed by atoms with van der Waals surface area (Å²) in [7, 11) is 0. The monoisotopic (exact) mass is 233 g/mol. The molecule has 2 heteroatoms. The highest BCUT2D eigenvalue weighted by Crippen LogP contribution is 2.51. The first-order valence-electron chi connectivity index (χ1n) is 6.50. The summed E-state index contributed by atoms with van der Waals surface area (Å²) in [5, 5.41) is 0. The van der Waals surface area contributed by atoms with Crippen molar-refractivity contribution >= 4 is 0 Å². The second-order valence-corrected chi connectivity index (χ2v) is 5.48. The molecule has 1 aromatic carbocycles. The first kappa shape index (κ1) is 12.6. The topological polar surface area (TPSA) is 35.2 Å². The molecule has 0 amide bonds. The van der Waals surface area contributed by atoms with E-state index in [1.54, 1.807) is 0 Å². The van der Waals surface area contributed by atoms with Gasteiger partial charge in [-0.05, 0) is 44.6 Å². The summed E-state index contributed by atoms with van der Waals surface area (Å²) in [6, 6.07) is 10.8. The highest BCUT2D eigenvalue weighted by molar-refractivity contribution is 5.27. The standard InChI is InChI=1S/C15H23NO/c1-4-17-15(2,3)14(16)13-10-12(13)11-8-6-5-7-9-11/h5-9,12-14H,4,10,16H2,1-3H3. The third-order valence-electron chi connectivity index (χ3n) is 3.85. The van der Waals surface area contributed by atoms with Gasteiger partial charge in [-0.2, -0.15) is 0 Å². The normalized spacial score (nSPS) is 25.6. The zero-order valence-electron chi connectivity index (χ0n) is 11.0. The third kappa shape index (κ3) is 2.70. The molecule has 0 aliphatic heterocycles. The molecule has 0 bridgehead atoms. The Morgan fingerprint density at radius 1 is 1.35 bits per heavy atom. The van der Waals surface area contributed by atoms with Crippen molar-refractivity contribution in [1.82, 2.24) is 0 Å². The first-order chi connectivity index (χ1) is 8.06. The zero-order valence-corrected chi connectivity index (χ0v) is 11.0. The van der Waals surface area contributed by atoms with E-state index in [2.05, 4.69) is 44.2 Å². The van der Waals surface area contributed by atoms with Crippen LogP contribution in [0.1, 0.15) is 38.7 Å². The van der Waals surface area contributed by atoms with Crippen molar-refractivity contribution in [2.45, 2.75) is 44.8 Å². The van der Waals surface area contributed by atoms with Crippen LogP contribution in [0.5, 0.6) is 0 Å². The van der Waals surface area contributed by atoms with Gasteiger partial charge in [0, 0.05) is 12.6 Å². The largest absolute Gasteiger partial charge is 0.374 e. The zero-order chi connectivity index (χ0) is 12.5. The quantitative estimate of drug-likeness (QED) is 0.848. The van der Waals surface area contributed by atoms with Crippen LogP contribution in [0, 0.1) is 5.92 Å². The number of nitrogens with two attached hydrogens (primary N) is 1. The summed E-state index contributed by atoms with van der Waals surface area (Å²) in [5.41, 5.74) is 7.54. The fraction of sp³-hybridized carbons (Fsp3) is 0.600. The lowest BCUT2D eigenvalue weighted by Crippen LogP contribution is -2.47. The summed E-state index contributed by atoms with van der Waals surface area (Å²) in [6.07, 6.45) is 1.20. The molecule has 3 atom stereocenters. The minimum Gasteiger partial charge on any atom is -0.374 e. The summed E-state index contributed by atoms with van der Waals surface area (Å²) < 4.78 is 5.75. The van der Waals surface area contributed by atoms with Gasteiger partial charge in [0.2, 0.25) is 0 Å². The first-order valence-corrected chi connectivity index (χ1v) is 6.50. The predicted octanol–water partition coefficient (Wildman–Crippen LogP) is 2.93. The van der Waals surface area contributed by atoms with E-state index in [1.165, 1.54) is 12.0 Å². The minimum atomic E-state index is -0.219. The molecule has 0 heterocycles. The average molecular weight is 233 g/mol. The third-order valence-corrected chi connectivity index (χ3v) is 3.85. The molecule has 2 N–H and O–H groups in total. The fourth-order valence-corrected chi connectivity index (χ4v) is 2.68. The smallest absolute Gasteiger partial charge is 0.0779 e. The van der Waals surface area contributed by atoms with E-state index in [0.717, 1.165) is 6.61 Å². The van der Waals surface area contributed by atoms with Crippen molar-refractivity contribution in [2.24, 2.45) is 11.7 Å². The Bertz CT molecular complexity index is 360. The van der Waals surface area contributed by atoms with Gasteiger partial charge in [-0.15, -0.1) is 0 Å². The van der Waals surface area contributed by atoms with E-state index in [1.807, 2.05) is 6.92 Å². The number of ether oxygens (including phenoxy) is 1. The molecule has 1 aliphatic rings. The minimum absolute atomic E-state index is 0.118. The number of hydrogen-bond acceptors (Lipinski definition) is 2. The van der Waals surface area contributed by atoms with E-state index in [4.69, 9.17) is 10.5 Å². The SMILES string of the molecule is CCOC(C)(C)C(N)C1CC1c1ccccc1. The lowest BCUT2D eigenvalue weighted by Gasteiger charge is -2.32. The van der Waals surface area contributed by atoms with E-state index in [9.17, 15) is 0 Å². The van der Waals surface area contributed by atoms with E-state index in [-0.39, 0.29) is 11.6 Å². The van der Waals surface area contributed by atoms with Gasteiger partial charge in [0.1, 0.15) is 0 Å². The molecule has 94 valence electrons. The summed E-state index contributed by atoms with van der Waals surface area (Å²) in [6.45, 7) is 6.95. The van der Waals surface area contributed by atoms with Gasteiger partial charge in [0.25, 0.3) is 0 Å². The molecule has 2 rings (SSSR count). The van der Waals surface area contributed by atoms with Crippen LogP contribution in [-0.2, 0) is 4.74 Å². The predicted molar refractivity (Wildman–Crippen MR) is 71.0 cm³/mol. The van der Waals surface area contributed by atoms with Crippen LogP contribution in [0.25, 0.3) is 0 Å². The highest BCUT2D eigenvalue weighted by Gasteiger charge is 2.47. The van der Waals surface area contributed by atoms with Crippen molar-refractivity contribution in [2.75, 3.05) is 6.61 Å². The van der Waals surface area contributed by atoms with Gasteiger partial charge in [-0.25, -0.2) is 0 Å². The van der Waals surface area contributed by atoms with Gasteiger partial charge in [0.15, 0.2) is 0 Å². The molecule has 1 fully saturated rings. The van der Waals surface area contributed by atoms with E-state index >= 15 is 0 Å². The molecular weight excluding hydrogens is 210 g/mol. The Morgan fingerprint density at radius 2 is 2.00 bits per heavy atom. The molecule has 1 saturated carbocycles. The van der Waals surface area contributed by atoms with Crippen molar-refractivity contribution in [3.8, 4) is 0 Å². The van der Waals surface area contributed by atoms with Crippen molar-refractivity contribution < 1.29 is 4.74 Å². The van der Waals surface area contributed by atoms with Gasteiger partial charge in [0.05, 0.1) is 5.60 Å². The molecule has 1 aliphatic carbocycles. The molecule has 0 radical (unpaired) electrons. The Labute approximate surface area is 104 Å². The summed E-state index contributed by atoms with van der Waals surface area (Å²) in [4.78, 5) is 0. The molecule has 17 heavy (non-hydrogen) atoms. The van der Waals surface area contributed by atoms with Crippen molar-refractivity contribution in [3.05, 3.63) is 35.9 Å². The summed E-state index contributed by atoms with van der Waals surface area (Å²) >= 11 is 0. The second kappa shape index (κ2) is 4.79. The lowest BCUT2D eigenvalue weighted by atomic mass is 9.93. The van der Waals surface area contributed by atoms with Crippen LogP contribution in [0.2, 0.25) is 0 Å². The number of hydrogen-bond donors (Lipinski definition) is 1. The van der Waals surface area contributed by atoms with Gasteiger partial charge < -0.3 is 10.5 Å². The summed E-state index contributed by atoms with van der Waals surface area (Å²) in [5.74, 6) is 1.20. The van der Waals surface area contributed by atoms with E-state index in [0.29, 0.717) is 11.8 Å². The van der Waals surface area contributed by atoms with Gasteiger partial charge in [-0.3, -0.25) is 0 Å². The van der Waals surface area contributed by atoms with Crippen molar-refractivity contribution in [3.63, 3.8) is 0 Å². The van der Waals surface area contributed by atoms with Crippen molar-refractivity contribution in [1.29, 1.82) is 0 Å². The van der Waals surface area contributed by atoms with Crippen LogP contribution in [0.15, 0.2) is 30.3 Å². The number of benzene rings is 1. The lowest BCUT2D eigenvalue weighted by molar-refractivity contribution is -0.0342.